The summed E-state index contributed by atoms with van der Waals surface area (Å²) in [5, 5.41) is 0. The predicted octanol–water partition coefficient (Wildman–Crippen LogP) is 5.09. The Bertz CT molecular complexity index is 1050. The molecule has 0 saturated carbocycles. The number of halogens is 2. The number of carbonyl (C=O) groups excluding carboxylic acids is 1. The molecule has 146 valence electrons. The second-order valence-corrected chi connectivity index (χ2v) is 6.70. The molecule has 4 nitrogen and oxygen atoms in total. The molecule has 0 bridgehead atoms. The summed E-state index contributed by atoms with van der Waals surface area (Å²) < 4.78 is 34.1. The summed E-state index contributed by atoms with van der Waals surface area (Å²) in [6, 6.07) is 9.77. The zero-order valence-electron chi connectivity index (χ0n) is 16.1. The third-order valence-electron chi connectivity index (χ3n) is 4.81. The van der Waals surface area contributed by atoms with Gasteiger partial charge in [-0.05, 0) is 54.8 Å². The van der Waals surface area contributed by atoms with Gasteiger partial charge < -0.3 is 9.30 Å². The largest absolute Gasteiger partial charge is 0.486 e. The highest BCUT2D eigenvalue weighted by atomic mass is 19.1. The Labute approximate surface area is 162 Å². The first-order valence-corrected chi connectivity index (χ1v) is 9.08. The molecule has 3 aromatic rings. The van der Waals surface area contributed by atoms with Crippen LogP contribution in [0.3, 0.4) is 0 Å². The monoisotopic (exact) mass is 384 g/mol. The number of benzene rings is 2. The Balaban J connectivity index is 1.73. The molecule has 0 atom stereocenters. The Morgan fingerprint density at radius 1 is 1.25 bits per heavy atom. The van der Waals surface area contributed by atoms with E-state index >= 15 is 0 Å². The van der Waals surface area contributed by atoms with Crippen molar-refractivity contribution in [2.45, 2.75) is 26.7 Å². The van der Waals surface area contributed by atoms with Gasteiger partial charge in [0.05, 0.1) is 17.4 Å². The van der Waals surface area contributed by atoms with Crippen LogP contribution in [0.5, 0.6) is 5.75 Å². The van der Waals surface area contributed by atoms with Gasteiger partial charge in [-0.15, -0.1) is 0 Å². The molecule has 0 spiro atoms. The highest BCUT2D eigenvalue weighted by molar-refractivity contribution is 5.98. The molecule has 0 aliphatic carbocycles. The fourth-order valence-corrected chi connectivity index (χ4v) is 2.94. The molecule has 0 fully saturated rings. The van der Waals surface area contributed by atoms with Crippen molar-refractivity contribution in [3.8, 4) is 5.75 Å². The van der Waals surface area contributed by atoms with E-state index in [4.69, 9.17) is 4.74 Å². The van der Waals surface area contributed by atoms with Gasteiger partial charge in [0.2, 0.25) is 0 Å². The van der Waals surface area contributed by atoms with Gasteiger partial charge >= 0.3 is 0 Å². The van der Waals surface area contributed by atoms with Crippen LogP contribution in [0.4, 0.5) is 8.78 Å². The number of fused-ring (bicyclic) bond motifs is 1. The van der Waals surface area contributed by atoms with Crippen molar-refractivity contribution >= 4 is 16.8 Å². The number of Topliss-reactive ketones (excluding diaryl/α,β-unsaturated/α-hetero) is 1. The molecule has 3 rings (SSSR count). The fraction of sp³-hybridized carbons (Fsp3) is 0.273. The summed E-state index contributed by atoms with van der Waals surface area (Å²) in [4.78, 5) is 17.0. The SMILES string of the molecule is CCC(=CF)COc1ccc(C(=O)Cc2ccc3c(c2)nc(C)n3C)cc1F. The number of aromatic nitrogens is 2. The van der Waals surface area contributed by atoms with E-state index < -0.39 is 5.82 Å². The number of hydrogen-bond donors (Lipinski definition) is 0. The van der Waals surface area contributed by atoms with Crippen LogP contribution in [0.1, 0.15) is 35.1 Å². The van der Waals surface area contributed by atoms with Gasteiger partial charge in [0, 0.05) is 19.0 Å². The molecule has 0 aliphatic heterocycles. The molecular formula is C22H22F2N2O2. The van der Waals surface area contributed by atoms with Crippen molar-refractivity contribution < 1.29 is 18.3 Å². The number of ketones is 1. The van der Waals surface area contributed by atoms with Crippen molar-refractivity contribution in [1.29, 1.82) is 0 Å². The zero-order chi connectivity index (χ0) is 20.3. The number of hydrogen-bond acceptors (Lipinski definition) is 3. The van der Waals surface area contributed by atoms with E-state index in [1.165, 1.54) is 12.1 Å². The van der Waals surface area contributed by atoms with Crippen LogP contribution < -0.4 is 4.74 Å². The van der Waals surface area contributed by atoms with E-state index in [0.29, 0.717) is 18.3 Å². The number of carbonyl (C=O) groups is 1. The zero-order valence-corrected chi connectivity index (χ0v) is 16.1. The molecule has 0 unspecified atom stereocenters. The first kappa shape index (κ1) is 19.7. The third kappa shape index (κ3) is 4.11. The quantitative estimate of drug-likeness (QED) is 0.533. The Morgan fingerprint density at radius 2 is 2.04 bits per heavy atom. The minimum absolute atomic E-state index is 0.00488. The minimum Gasteiger partial charge on any atom is -0.486 e. The van der Waals surface area contributed by atoms with Crippen LogP contribution in [0, 0.1) is 12.7 Å². The van der Waals surface area contributed by atoms with E-state index in [0.717, 1.165) is 28.5 Å². The molecule has 0 amide bonds. The summed E-state index contributed by atoms with van der Waals surface area (Å²) in [6.45, 7) is 3.68. The van der Waals surface area contributed by atoms with Crippen LogP contribution in [0.15, 0.2) is 48.3 Å². The van der Waals surface area contributed by atoms with Crippen LogP contribution in [0.2, 0.25) is 0 Å². The van der Waals surface area contributed by atoms with Crippen molar-refractivity contribution in [3.63, 3.8) is 0 Å². The van der Waals surface area contributed by atoms with E-state index in [2.05, 4.69) is 4.98 Å². The molecule has 1 heterocycles. The average molecular weight is 384 g/mol. The topological polar surface area (TPSA) is 44.1 Å². The Morgan fingerprint density at radius 3 is 2.71 bits per heavy atom. The molecule has 0 saturated heterocycles. The van der Waals surface area contributed by atoms with Gasteiger partial charge in [-0.1, -0.05) is 13.0 Å². The van der Waals surface area contributed by atoms with Gasteiger partial charge in [0.1, 0.15) is 12.4 Å². The van der Waals surface area contributed by atoms with Crippen LogP contribution in [-0.2, 0) is 13.5 Å². The molecule has 28 heavy (non-hydrogen) atoms. The van der Waals surface area contributed by atoms with Gasteiger partial charge in [0.25, 0.3) is 0 Å². The van der Waals surface area contributed by atoms with Crippen LogP contribution in [0.25, 0.3) is 11.0 Å². The molecule has 0 N–H and O–H groups in total. The average Bonchev–Trinajstić information content (AvgIpc) is 2.96. The number of rotatable bonds is 7. The summed E-state index contributed by atoms with van der Waals surface area (Å²) >= 11 is 0. The smallest absolute Gasteiger partial charge is 0.167 e. The van der Waals surface area contributed by atoms with Crippen LogP contribution >= 0.6 is 0 Å². The first-order valence-electron chi connectivity index (χ1n) is 9.08. The van der Waals surface area contributed by atoms with Gasteiger partial charge in [-0.2, -0.15) is 0 Å². The molecule has 6 heteroatoms. The molecule has 1 aromatic heterocycles. The molecular weight excluding hydrogens is 362 g/mol. The van der Waals surface area contributed by atoms with E-state index in [9.17, 15) is 13.6 Å². The summed E-state index contributed by atoms with van der Waals surface area (Å²) in [6.07, 6.45) is 1.10. The normalized spacial score (nSPS) is 11.8. The van der Waals surface area contributed by atoms with E-state index in [-0.39, 0.29) is 30.1 Å². The maximum Gasteiger partial charge on any atom is 0.167 e. The molecule has 0 aliphatic rings. The van der Waals surface area contributed by atoms with Gasteiger partial charge in [0.15, 0.2) is 17.3 Å². The van der Waals surface area contributed by atoms with E-state index in [1.54, 1.807) is 6.92 Å². The molecule has 2 aromatic carbocycles. The lowest BCUT2D eigenvalue weighted by Gasteiger charge is -2.09. The lowest BCUT2D eigenvalue weighted by atomic mass is 10.0. The number of imidazole rings is 1. The Kier molecular flexibility index (Phi) is 5.87. The maximum absolute atomic E-state index is 14.3. The van der Waals surface area contributed by atoms with Crippen molar-refractivity contribution in [1.82, 2.24) is 9.55 Å². The number of aryl methyl sites for hydroxylation is 2. The molecule has 0 radical (unpaired) electrons. The summed E-state index contributed by atoms with van der Waals surface area (Å²) in [5.41, 5.74) is 3.33. The number of ether oxygens (including phenoxy) is 1. The first-order chi connectivity index (χ1) is 13.4. The minimum atomic E-state index is -0.643. The highest BCUT2D eigenvalue weighted by Crippen LogP contribution is 2.22. The second-order valence-electron chi connectivity index (χ2n) is 6.70. The second kappa shape index (κ2) is 8.33. The van der Waals surface area contributed by atoms with Crippen molar-refractivity contribution in [3.05, 3.63) is 71.1 Å². The van der Waals surface area contributed by atoms with E-state index in [1.807, 2.05) is 36.7 Å². The van der Waals surface area contributed by atoms with Crippen molar-refractivity contribution in [2.24, 2.45) is 7.05 Å². The maximum atomic E-state index is 14.3. The summed E-state index contributed by atoms with van der Waals surface area (Å²) in [5.74, 6) is 0.0472. The number of nitrogens with zero attached hydrogens (tertiary/aromatic N) is 2. The summed E-state index contributed by atoms with van der Waals surface area (Å²) in [7, 11) is 1.94. The third-order valence-corrected chi connectivity index (χ3v) is 4.81. The predicted molar refractivity (Wildman–Crippen MR) is 105 cm³/mol. The lowest BCUT2D eigenvalue weighted by molar-refractivity contribution is 0.0992. The van der Waals surface area contributed by atoms with Gasteiger partial charge in [-0.3, -0.25) is 4.79 Å². The standard InChI is InChI=1S/C22H22F2N2O2/c1-4-15(12-23)13-28-22-8-6-17(11-18(22)24)21(27)10-16-5-7-20-19(9-16)25-14(2)26(20)3/h5-9,11-12H,4,10,13H2,1-3H3. The highest BCUT2D eigenvalue weighted by Gasteiger charge is 2.13. The van der Waals surface area contributed by atoms with Gasteiger partial charge in [-0.25, -0.2) is 13.8 Å². The lowest BCUT2D eigenvalue weighted by Crippen LogP contribution is -2.06. The Hall–Kier alpha value is -3.02. The van der Waals surface area contributed by atoms with Crippen molar-refractivity contribution in [2.75, 3.05) is 6.61 Å². The van der Waals surface area contributed by atoms with Crippen LogP contribution in [-0.4, -0.2) is 21.9 Å². The fourth-order valence-electron chi connectivity index (χ4n) is 2.94.